The van der Waals surface area contributed by atoms with Crippen molar-refractivity contribution in [2.75, 3.05) is 5.01 Å². The normalized spacial score (nSPS) is 16.5. The maximum atomic E-state index is 12.8. The molecule has 2 aromatic rings. The molecule has 0 fully saturated rings. The maximum Gasteiger partial charge on any atom is 0.280 e. The van der Waals surface area contributed by atoms with Crippen molar-refractivity contribution in [2.45, 2.75) is 13.8 Å². The summed E-state index contributed by atoms with van der Waals surface area (Å²) in [7, 11) is 0. The van der Waals surface area contributed by atoms with Gasteiger partial charge in [-0.05, 0) is 29.7 Å². The fourth-order valence-corrected chi connectivity index (χ4v) is 2.45. The van der Waals surface area contributed by atoms with Crippen molar-refractivity contribution in [3.8, 4) is 0 Å². The van der Waals surface area contributed by atoms with E-state index in [9.17, 15) is 4.79 Å². The molecule has 0 spiro atoms. The Labute approximate surface area is 130 Å². The summed E-state index contributed by atoms with van der Waals surface area (Å²) < 4.78 is 0. The molecule has 1 aliphatic heterocycles. The maximum absolute atomic E-state index is 12.8. The number of benzene rings is 2. The first-order valence-corrected chi connectivity index (χ1v) is 7.42. The number of nitrogens with zero attached hydrogens (tertiary/aromatic N) is 2. The van der Waals surface area contributed by atoms with Gasteiger partial charge in [-0.2, -0.15) is 10.1 Å². The van der Waals surface area contributed by atoms with Gasteiger partial charge in [0.2, 0.25) is 0 Å². The largest absolute Gasteiger partial charge is 0.280 e. The highest BCUT2D eigenvalue weighted by atomic mass is 16.2. The van der Waals surface area contributed by atoms with Gasteiger partial charge in [-0.3, -0.25) is 4.79 Å². The SMILES string of the molecule is CC(C)C1=NN(c2ccccc2)C(=O)/C1=C\c1ccccc1. The van der Waals surface area contributed by atoms with Crippen LogP contribution in [0.3, 0.4) is 0 Å². The van der Waals surface area contributed by atoms with E-state index in [1.807, 2.05) is 66.7 Å². The standard InChI is InChI=1S/C19H18N2O/c1-14(2)18-17(13-15-9-5-3-6-10-15)19(22)21(20-18)16-11-7-4-8-12-16/h3-14H,1-2H3/b17-13-. The van der Waals surface area contributed by atoms with Gasteiger partial charge in [0.15, 0.2) is 0 Å². The summed E-state index contributed by atoms with van der Waals surface area (Å²) in [6.07, 6.45) is 1.92. The second-order valence-corrected chi connectivity index (χ2v) is 5.56. The van der Waals surface area contributed by atoms with Crippen LogP contribution in [-0.4, -0.2) is 11.6 Å². The van der Waals surface area contributed by atoms with Crippen molar-refractivity contribution < 1.29 is 4.79 Å². The van der Waals surface area contributed by atoms with Gasteiger partial charge >= 0.3 is 0 Å². The van der Waals surface area contributed by atoms with E-state index in [1.165, 1.54) is 5.01 Å². The molecule has 3 rings (SSSR count). The average molecular weight is 290 g/mol. The molecular formula is C19H18N2O. The average Bonchev–Trinajstić information content (AvgIpc) is 2.87. The number of hydrogen-bond donors (Lipinski definition) is 0. The number of hydrogen-bond acceptors (Lipinski definition) is 2. The third kappa shape index (κ3) is 2.70. The molecule has 0 bridgehead atoms. The molecular weight excluding hydrogens is 272 g/mol. The van der Waals surface area contributed by atoms with E-state index in [2.05, 4.69) is 18.9 Å². The summed E-state index contributed by atoms with van der Waals surface area (Å²) in [5.41, 5.74) is 3.30. The first kappa shape index (κ1) is 14.3. The molecule has 1 amide bonds. The minimum Gasteiger partial charge on any atom is -0.267 e. The van der Waals surface area contributed by atoms with Gasteiger partial charge in [0.1, 0.15) is 0 Å². The summed E-state index contributed by atoms with van der Waals surface area (Å²) in [5, 5.41) is 6.04. The smallest absolute Gasteiger partial charge is 0.267 e. The lowest BCUT2D eigenvalue weighted by Gasteiger charge is -2.10. The molecule has 0 aromatic heterocycles. The van der Waals surface area contributed by atoms with Crippen molar-refractivity contribution >= 4 is 23.4 Å². The van der Waals surface area contributed by atoms with Crippen molar-refractivity contribution in [1.29, 1.82) is 0 Å². The van der Waals surface area contributed by atoms with Crippen molar-refractivity contribution in [1.82, 2.24) is 0 Å². The summed E-state index contributed by atoms with van der Waals surface area (Å²) in [6.45, 7) is 4.11. The minimum absolute atomic E-state index is 0.0706. The molecule has 0 radical (unpaired) electrons. The summed E-state index contributed by atoms with van der Waals surface area (Å²) >= 11 is 0. The molecule has 1 aliphatic rings. The highest BCUT2D eigenvalue weighted by molar-refractivity contribution is 6.33. The van der Waals surface area contributed by atoms with Gasteiger partial charge < -0.3 is 0 Å². The van der Waals surface area contributed by atoms with Gasteiger partial charge in [0.25, 0.3) is 5.91 Å². The second-order valence-electron chi connectivity index (χ2n) is 5.56. The Balaban J connectivity index is 2.03. The Morgan fingerprint density at radius 1 is 0.955 bits per heavy atom. The van der Waals surface area contributed by atoms with Gasteiger partial charge in [0, 0.05) is 0 Å². The number of anilines is 1. The predicted molar refractivity (Wildman–Crippen MR) is 90.6 cm³/mol. The fourth-order valence-electron chi connectivity index (χ4n) is 2.45. The molecule has 0 unspecified atom stereocenters. The molecule has 3 nitrogen and oxygen atoms in total. The van der Waals surface area contributed by atoms with Crippen LogP contribution in [0.25, 0.3) is 6.08 Å². The molecule has 110 valence electrons. The monoisotopic (exact) mass is 290 g/mol. The molecule has 3 heteroatoms. The van der Waals surface area contributed by atoms with Gasteiger partial charge in [-0.1, -0.05) is 62.4 Å². The van der Waals surface area contributed by atoms with Gasteiger partial charge in [-0.15, -0.1) is 0 Å². The van der Waals surface area contributed by atoms with Gasteiger partial charge in [0.05, 0.1) is 17.0 Å². The third-order valence-corrected chi connectivity index (χ3v) is 3.56. The third-order valence-electron chi connectivity index (χ3n) is 3.56. The van der Waals surface area contributed by atoms with E-state index < -0.39 is 0 Å². The molecule has 0 saturated heterocycles. The number of amides is 1. The van der Waals surface area contributed by atoms with E-state index in [-0.39, 0.29) is 11.8 Å². The van der Waals surface area contributed by atoms with Crippen LogP contribution >= 0.6 is 0 Å². The highest BCUT2D eigenvalue weighted by Crippen LogP contribution is 2.27. The van der Waals surface area contributed by atoms with Crippen molar-refractivity contribution in [2.24, 2.45) is 11.0 Å². The zero-order chi connectivity index (χ0) is 15.5. The van der Waals surface area contributed by atoms with Crippen LogP contribution in [-0.2, 0) is 4.79 Å². The lowest BCUT2D eigenvalue weighted by Crippen LogP contribution is -2.21. The predicted octanol–water partition coefficient (Wildman–Crippen LogP) is 4.13. The zero-order valence-electron chi connectivity index (χ0n) is 12.7. The molecule has 2 aromatic carbocycles. The molecule has 22 heavy (non-hydrogen) atoms. The number of carbonyl (C=O) groups excluding carboxylic acids is 1. The Morgan fingerprint density at radius 2 is 1.55 bits per heavy atom. The second kappa shape index (κ2) is 5.98. The molecule has 0 saturated carbocycles. The zero-order valence-corrected chi connectivity index (χ0v) is 12.7. The van der Waals surface area contributed by atoms with Crippen LogP contribution in [0.4, 0.5) is 5.69 Å². The van der Waals surface area contributed by atoms with Crippen LogP contribution in [0.2, 0.25) is 0 Å². The van der Waals surface area contributed by atoms with E-state index in [4.69, 9.17) is 0 Å². The van der Waals surface area contributed by atoms with Crippen LogP contribution in [0.1, 0.15) is 19.4 Å². The lowest BCUT2D eigenvalue weighted by molar-refractivity contribution is -0.114. The number of rotatable bonds is 3. The lowest BCUT2D eigenvalue weighted by atomic mass is 9.98. The van der Waals surface area contributed by atoms with Crippen LogP contribution in [0.15, 0.2) is 71.3 Å². The van der Waals surface area contributed by atoms with E-state index in [1.54, 1.807) is 0 Å². The summed E-state index contributed by atoms with van der Waals surface area (Å²) in [6, 6.07) is 19.4. The number of para-hydroxylation sites is 1. The summed E-state index contributed by atoms with van der Waals surface area (Å²) in [5.74, 6) is 0.117. The topological polar surface area (TPSA) is 32.7 Å². The van der Waals surface area contributed by atoms with E-state index >= 15 is 0 Å². The van der Waals surface area contributed by atoms with Crippen LogP contribution < -0.4 is 5.01 Å². The quantitative estimate of drug-likeness (QED) is 0.782. The van der Waals surface area contributed by atoms with Crippen LogP contribution in [0.5, 0.6) is 0 Å². The van der Waals surface area contributed by atoms with Gasteiger partial charge in [-0.25, -0.2) is 0 Å². The van der Waals surface area contributed by atoms with Crippen LogP contribution in [0, 0.1) is 5.92 Å². The fraction of sp³-hybridized carbons (Fsp3) is 0.158. The summed E-state index contributed by atoms with van der Waals surface area (Å²) in [4.78, 5) is 12.8. The molecule has 0 N–H and O–H groups in total. The Kier molecular flexibility index (Phi) is 3.88. The first-order chi connectivity index (χ1) is 10.7. The van der Waals surface area contributed by atoms with Crippen molar-refractivity contribution in [3.05, 3.63) is 71.8 Å². The number of hydrazone groups is 1. The van der Waals surface area contributed by atoms with Crippen molar-refractivity contribution in [3.63, 3.8) is 0 Å². The first-order valence-electron chi connectivity index (χ1n) is 7.42. The minimum atomic E-state index is -0.0706. The molecule has 0 aliphatic carbocycles. The number of carbonyl (C=O) groups is 1. The molecule has 0 atom stereocenters. The Morgan fingerprint density at radius 3 is 2.14 bits per heavy atom. The Hall–Kier alpha value is -2.68. The molecule has 1 heterocycles. The highest BCUT2D eigenvalue weighted by Gasteiger charge is 2.32. The van der Waals surface area contributed by atoms with E-state index in [0.717, 1.165) is 17.0 Å². The Bertz CT molecular complexity index is 731. The van der Waals surface area contributed by atoms with E-state index in [0.29, 0.717) is 5.57 Å².